The summed E-state index contributed by atoms with van der Waals surface area (Å²) in [6.07, 6.45) is 6.66. The van der Waals surface area contributed by atoms with Crippen LogP contribution in [0.5, 0.6) is 0 Å². The molecule has 1 atom stereocenters. The Hall–Kier alpha value is -2.49. The lowest BCUT2D eigenvalue weighted by Crippen LogP contribution is -2.39. The van der Waals surface area contributed by atoms with E-state index in [0.29, 0.717) is 29.3 Å². The van der Waals surface area contributed by atoms with E-state index in [-0.39, 0.29) is 18.6 Å². The lowest BCUT2D eigenvalue weighted by molar-refractivity contribution is 0.0607. The molecule has 32 heavy (non-hydrogen) atoms. The van der Waals surface area contributed by atoms with Crippen LogP contribution in [0.25, 0.3) is 5.65 Å². The first-order valence-electron chi connectivity index (χ1n) is 10.6. The number of anilines is 2. The van der Waals surface area contributed by atoms with Gasteiger partial charge in [-0.05, 0) is 44.4 Å². The maximum absolute atomic E-state index is 13.6. The summed E-state index contributed by atoms with van der Waals surface area (Å²) < 4.78 is 4.94. The van der Waals surface area contributed by atoms with Gasteiger partial charge in [0.1, 0.15) is 5.82 Å². The Bertz CT molecular complexity index is 1120. The van der Waals surface area contributed by atoms with Crippen molar-refractivity contribution in [1.82, 2.24) is 19.5 Å². The second kappa shape index (κ2) is 9.97. The molecule has 1 aliphatic rings. The first-order valence-corrected chi connectivity index (χ1v) is 12.2. The van der Waals surface area contributed by atoms with Crippen LogP contribution in [0.1, 0.15) is 46.9 Å². The molecule has 1 unspecified atom stereocenters. The molecule has 0 spiro atoms. The number of rotatable bonds is 7. The largest absolute Gasteiger partial charge is 0.395 e. The predicted molar refractivity (Wildman–Crippen MR) is 130 cm³/mol. The van der Waals surface area contributed by atoms with Crippen molar-refractivity contribution < 1.29 is 9.90 Å². The lowest BCUT2D eigenvalue weighted by Gasteiger charge is -2.35. The van der Waals surface area contributed by atoms with Crippen LogP contribution in [0.4, 0.5) is 11.5 Å². The molecule has 0 aliphatic carbocycles. The Morgan fingerprint density at radius 3 is 2.97 bits per heavy atom. The van der Waals surface area contributed by atoms with Gasteiger partial charge < -0.3 is 20.0 Å². The van der Waals surface area contributed by atoms with Crippen molar-refractivity contribution in [2.75, 3.05) is 36.0 Å². The molecule has 0 bridgehead atoms. The third kappa shape index (κ3) is 4.65. The molecule has 0 saturated carbocycles. The molecule has 1 saturated heterocycles. The summed E-state index contributed by atoms with van der Waals surface area (Å²) in [4.78, 5) is 20.2. The van der Waals surface area contributed by atoms with Crippen molar-refractivity contribution in [3.63, 3.8) is 0 Å². The molecule has 1 amide bonds. The molecule has 10 heteroatoms. The molecule has 3 heterocycles. The third-order valence-corrected chi connectivity index (χ3v) is 6.24. The number of aliphatic hydroxyl groups is 1. The zero-order valence-corrected chi connectivity index (χ0v) is 19.7. The average molecular weight is 475 g/mol. The molecule has 3 N–H and O–H groups in total. The zero-order valence-electron chi connectivity index (χ0n) is 18.1. The van der Waals surface area contributed by atoms with Gasteiger partial charge in [0.15, 0.2) is 5.65 Å². The van der Waals surface area contributed by atoms with Gasteiger partial charge in [0.05, 0.1) is 29.6 Å². The van der Waals surface area contributed by atoms with Crippen LogP contribution in [0.15, 0.2) is 30.5 Å². The number of benzene rings is 1. The van der Waals surface area contributed by atoms with E-state index in [1.165, 1.54) is 11.9 Å². The highest BCUT2D eigenvalue weighted by molar-refractivity contribution is 7.99. The Morgan fingerprint density at radius 1 is 1.34 bits per heavy atom. The number of hydrogen-bond acceptors (Lipinski definition) is 7. The molecule has 3 aromatic rings. The topological polar surface area (TPSA) is 94.8 Å². The van der Waals surface area contributed by atoms with Crippen LogP contribution < -0.4 is 10.0 Å². The summed E-state index contributed by atoms with van der Waals surface area (Å²) in [5, 5.41) is 17.5. The van der Waals surface area contributed by atoms with E-state index in [9.17, 15) is 4.79 Å². The summed E-state index contributed by atoms with van der Waals surface area (Å²) in [7, 11) is 0. The Kier molecular flexibility index (Phi) is 7.07. The van der Waals surface area contributed by atoms with Gasteiger partial charge in [-0.3, -0.25) is 4.79 Å². The van der Waals surface area contributed by atoms with E-state index in [0.717, 1.165) is 42.0 Å². The minimum atomic E-state index is -0.131. The van der Waals surface area contributed by atoms with E-state index in [4.69, 9.17) is 21.8 Å². The second-order valence-electron chi connectivity index (χ2n) is 7.80. The molecule has 2 aromatic heterocycles. The van der Waals surface area contributed by atoms with Gasteiger partial charge in [0.2, 0.25) is 0 Å². The van der Waals surface area contributed by atoms with Gasteiger partial charge in [-0.15, -0.1) is 0 Å². The van der Waals surface area contributed by atoms with Gasteiger partial charge in [-0.1, -0.05) is 23.5 Å². The highest BCUT2D eigenvalue weighted by atomic mass is 35.5. The first kappa shape index (κ1) is 22.7. The molecule has 170 valence electrons. The normalized spacial score (nSPS) is 16.4. The maximum Gasteiger partial charge on any atom is 0.256 e. The Balaban J connectivity index is 1.67. The zero-order chi connectivity index (χ0) is 22.7. The Labute approximate surface area is 196 Å². The number of carbonyl (C=O) groups is 1. The number of aryl methyl sites for hydroxylation is 1. The van der Waals surface area contributed by atoms with Gasteiger partial charge in [0.25, 0.3) is 5.91 Å². The fraction of sp³-hybridized carbons (Fsp3) is 0.409. The second-order valence-corrected chi connectivity index (χ2v) is 8.85. The van der Waals surface area contributed by atoms with Crippen molar-refractivity contribution in [2.45, 2.75) is 32.2 Å². The van der Waals surface area contributed by atoms with Crippen LogP contribution in [-0.4, -0.2) is 56.5 Å². The third-order valence-electron chi connectivity index (χ3n) is 5.58. The summed E-state index contributed by atoms with van der Waals surface area (Å²) in [6, 6.07) is 7.15. The molecular formula is C22H27ClN6O2S. The van der Waals surface area contributed by atoms with Gasteiger partial charge >= 0.3 is 0 Å². The SMILES string of the molecule is CSNc1ccc(Cl)cc1C(=O)N1CCCCC1c1cc2nc(NCCO)c(C)cn2n1. The average Bonchev–Trinajstić information content (AvgIpc) is 3.21. The van der Waals surface area contributed by atoms with Crippen LogP contribution in [0, 0.1) is 6.92 Å². The van der Waals surface area contributed by atoms with Crippen LogP contribution in [-0.2, 0) is 0 Å². The highest BCUT2D eigenvalue weighted by Crippen LogP contribution is 2.34. The number of fused-ring (bicyclic) bond motifs is 1. The smallest absolute Gasteiger partial charge is 0.256 e. The number of likely N-dealkylation sites (tertiary alicyclic amines) is 1. The van der Waals surface area contributed by atoms with Crippen LogP contribution >= 0.6 is 23.5 Å². The quantitative estimate of drug-likeness (QED) is 0.443. The van der Waals surface area contributed by atoms with E-state index in [1.807, 2.05) is 36.4 Å². The highest BCUT2D eigenvalue weighted by Gasteiger charge is 2.32. The number of amides is 1. The minimum absolute atomic E-state index is 0.0346. The molecule has 1 fully saturated rings. The summed E-state index contributed by atoms with van der Waals surface area (Å²) >= 11 is 7.66. The number of nitrogens with zero attached hydrogens (tertiary/aromatic N) is 4. The maximum atomic E-state index is 13.6. The van der Waals surface area contributed by atoms with Crippen molar-refractivity contribution in [1.29, 1.82) is 0 Å². The monoisotopic (exact) mass is 474 g/mol. The summed E-state index contributed by atoms with van der Waals surface area (Å²) in [5.74, 6) is 0.668. The number of carbonyl (C=O) groups excluding carboxylic acids is 1. The van der Waals surface area contributed by atoms with E-state index >= 15 is 0 Å². The summed E-state index contributed by atoms with van der Waals surface area (Å²) in [6.45, 7) is 3.08. The van der Waals surface area contributed by atoms with Gasteiger partial charge in [-0.25, -0.2) is 9.50 Å². The van der Waals surface area contributed by atoms with Crippen molar-refractivity contribution in [3.8, 4) is 0 Å². The van der Waals surface area contributed by atoms with Crippen LogP contribution in [0.2, 0.25) is 5.02 Å². The summed E-state index contributed by atoms with van der Waals surface area (Å²) in [5.41, 5.74) is 3.78. The number of nitrogens with one attached hydrogen (secondary N) is 2. The van der Waals surface area contributed by atoms with Crippen molar-refractivity contribution in [2.24, 2.45) is 0 Å². The standard InChI is InChI=1S/C22H27ClN6O2S/c1-14-13-29-20(25-21(14)24-8-10-30)12-18(26-29)19-5-3-4-9-28(19)22(31)16-11-15(23)6-7-17(16)27-32-2/h6-7,11-13,19,27,30H,3-5,8-10H2,1-2H3,(H,24,25). The fourth-order valence-electron chi connectivity index (χ4n) is 4.07. The Morgan fingerprint density at radius 2 is 2.19 bits per heavy atom. The molecule has 4 rings (SSSR count). The number of halogens is 1. The first-order chi connectivity index (χ1) is 15.5. The number of piperidine rings is 1. The van der Waals surface area contributed by atoms with Crippen molar-refractivity contribution >= 4 is 46.6 Å². The van der Waals surface area contributed by atoms with E-state index in [1.54, 1.807) is 16.6 Å². The fourth-order valence-corrected chi connectivity index (χ4v) is 4.64. The van der Waals surface area contributed by atoms with Gasteiger partial charge in [0, 0.05) is 42.2 Å². The molecule has 1 aromatic carbocycles. The van der Waals surface area contributed by atoms with Crippen molar-refractivity contribution in [3.05, 3.63) is 52.3 Å². The number of aromatic nitrogens is 3. The molecule has 0 radical (unpaired) electrons. The predicted octanol–water partition coefficient (Wildman–Crippen LogP) is 4.15. The van der Waals surface area contributed by atoms with Crippen LogP contribution in [0.3, 0.4) is 0 Å². The minimum Gasteiger partial charge on any atom is -0.395 e. The van der Waals surface area contributed by atoms with E-state index < -0.39 is 0 Å². The lowest BCUT2D eigenvalue weighted by atomic mass is 9.98. The number of hydrogen-bond donors (Lipinski definition) is 3. The molecule has 1 aliphatic heterocycles. The molecule has 8 nitrogen and oxygen atoms in total. The van der Waals surface area contributed by atoms with Gasteiger partial charge in [-0.2, -0.15) is 5.10 Å². The molecular weight excluding hydrogens is 448 g/mol. The number of aliphatic hydroxyl groups excluding tert-OH is 1. The van der Waals surface area contributed by atoms with E-state index in [2.05, 4.69) is 15.0 Å².